The number of rotatable bonds is 11. The van der Waals surface area contributed by atoms with E-state index < -0.39 is 29.6 Å². The first-order valence-electron chi connectivity index (χ1n) is 12.5. The number of cyclic esters (lactones) is 2. The van der Waals surface area contributed by atoms with Crippen molar-refractivity contribution in [1.82, 2.24) is 4.57 Å². The second-order valence-corrected chi connectivity index (χ2v) is 9.77. The topological polar surface area (TPSA) is 93.7 Å². The standard InChI is InChI=1S/C27H38N2O6/c1-7-8-9-10-11-12-17-33-21-15-13-20(14-16-21)22(24-28(6)18(2)19(3)29(24)32)23-25(30)34-27(4,5)35-26(23)31/h13-16,22-23H,7-12,17H2,1-6H3/t22-/m1/s1. The monoisotopic (exact) mass is 486 g/mol. The Morgan fingerprint density at radius 3 is 2.14 bits per heavy atom. The van der Waals surface area contributed by atoms with Gasteiger partial charge < -0.3 is 19.4 Å². The van der Waals surface area contributed by atoms with Crippen molar-refractivity contribution < 1.29 is 28.5 Å². The average molecular weight is 487 g/mol. The number of ether oxygens (including phenoxy) is 3. The van der Waals surface area contributed by atoms with Gasteiger partial charge in [-0.15, -0.1) is 0 Å². The molecule has 2 aromatic rings. The van der Waals surface area contributed by atoms with E-state index in [2.05, 4.69) is 6.92 Å². The minimum absolute atomic E-state index is 0.277. The van der Waals surface area contributed by atoms with Crippen LogP contribution >= 0.6 is 0 Å². The largest absolute Gasteiger partial charge is 0.711 e. The van der Waals surface area contributed by atoms with Gasteiger partial charge in [-0.05, 0) is 24.1 Å². The highest BCUT2D eigenvalue weighted by molar-refractivity contribution is 5.98. The first-order valence-corrected chi connectivity index (χ1v) is 12.5. The molecule has 1 saturated heterocycles. The molecule has 0 unspecified atom stereocenters. The molecule has 1 aromatic carbocycles. The molecule has 0 bridgehead atoms. The quantitative estimate of drug-likeness (QED) is 0.152. The fourth-order valence-electron chi connectivity index (χ4n) is 4.54. The number of hydrogen-bond acceptors (Lipinski definition) is 6. The van der Waals surface area contributed by atoms with Crippen molar-refractivity contribution in [2.75, 3.05) is 6.61 Å². The van der Waals surface area contributed by atoms with E-state index in [0.717, 1.165) is 23.3 Å². The van der Waals surface area contributed by atoms with Crippen LogP contribution in [-0.2, 0) is 26.1 Å². The van der Waals surface area contributed by atoms with Crippen LogP contribution < -0.4 is 9.47 Å². The Bertz CT molecular complexity index is 995. The summed E-state index contributed by atoms with van der Waals surface area (Å²) in [5, 5.41) is 13.1. The van der Waals surface area contributed by atoms with Crippen LogP contribution in [0.3, 0.4) is 0 Å². The molecule has 0 amide bonds. The first kappa shape index (κ1) is 26.6. The van der Waals surface area contributed by atoms with Crippen LogP contribution in [0, 0.1) is 25.0 Å². The van der Waals surface area contributed by atoms with E-state index in [0.29, 0.717) is 23.6 Å². The second kappa shape index (κ2) is 11.1. The second-order valence-electron chi connectivity index (χ2n) is 9.77. The highest BCUT2D eigenvalue weighted by atomic mass is 16.7. The summed E-state index contributed by atoms with van der Waals surface area (Å²) in [6.07, 6.45) is 7.10. The molecular formula is C27H38N2O6. The summed E-state index contributed by atoms with van der Waals surface area (Å²) in [6, 6.07) is 7.19. The summed E-state index contributed by atoms with van der Waals surface area (Å²) in [5.41, 5.74) is 1.88. The fraction of sp³-hybridized carbons (Fsp3) is 0.593. The highest BCUT2D eigenvalue weighted by Gasteiger charge is 2.51. The lowest BCUT2D eigenvalue weighted by Gasteiger charge is -2.35. The zero-order valence-electron chi connectivity index (χ0n) is 21.8. The summed E-state index contributed by atoms with van der Waals surface area (Å²) in [6.45, 7) is 9.38. The van der Waals surface area contributed by atoms with E-state index in [1.165, 1.54) is 39.5 Å². The molecule has 2 heterocycles. The molecule has 1 atom stereocenters. The molecule has 1 aromatic heterocycles. The van der Waals surface area contributed by atoms with Gasteiger partial charge in [-0.25, -0.2) is 9.30 Å². The summed E-state index contributed by atoms with van der Waals surface area (Å²) >= 11 is 0. The predicted octanol–water partition coefficient (Wildman–Crippen LogP) is 4.60. The summed E-state index contributed by atoms with van der Waals surface area (Å²) in [5.74, 6) is -3.98. The molecule has 8 heteroatoms. The molecular weight excluding hydrogens is 448 g/mol. The van der Waals surface area contributed by atoms with Gasteiger partial charge in [-0.3, -0.25) is 9.59 Å². The highest BCUT2D eigenvalue weighted by Crippen LogP contribution is 2.38. The molecule has 3 rings (SSSR count). The molecule has 1 aliphatic heterocycles. The predicted molar refractivity (Wildman–Crippen MR) is 131 cm³/mol. The third kappa shape index (κ3) is 5.97. The van der Waals surface area contributed by atoms with Gasteiger partial charge in [0.2, 0.25) is 0 Å². The van der Waals surface area contributed by atoms with Crippen molar-refractivity contribution in [1.29, 1.82) is 0 Å². The van der Waals surface area contributed by atoms with Crippen molar-refractivity contribution in [3.8, 4) is 5.75 Å². The van der Waals surface area contributed by atoms with E-state index in [9.17, 15) is 14.8 Å². The smallest absolute Gasteiger partial charge is 0.324 e. The Balaban J connectivity index is 1.85. The van der Waals surface area contributed by atoms with Crippen LogP contribution in [0.25, 0.3) is 0 Å². The van der Waals surface area contributed by atoms with Gasteiger partial charge in [0, 0.05) is 27.7 Å². The number of carbonyl (C=O) groups is 2. The van der Waals surface area contributed by atoms with Crippen molar-refractivity contribution >= 4 is 11.9 Å². The molecule has 1 aliphatic rings. The minimum Gasteiger partial charge on any atom is -0.711 e. The van der Waals surface area contributed by atoms with Crippen molar-refractivity contribution in [2.45, 2.75) is 84.8 Å². The number of esters is 2. The van der Waals surface area contributed by atoms with Gasteiger partial charge in [0.15, 0.2) is 5.92 Å². The SMILES string of the molecule is CCCCCCCCOc1ccc([C@@H](c2n(C)c(C)c(C)[n+]2[O-])C2C(=O)OC(C)(C)OC2=O)cc1. The lowest BCUT2D eigenvalue weighted by Crippen LogP contribution is -2.50. The fourth-order valence-corrected chi connectivity index (χ4v) is 4.54. The van der Waals surface area contributed by atoms with Gasteiger partial charge in [0.05, 0.1) is 13.7 Å². The first-order chi connectivity index (χ1) is 16.6. The number of hydrogen-bond donors (Lipinski definition) is 0. The molecule has 1 fully saturated rings. The Morgan fingerprint density at radius 2 is 1.60 bits per heavy atom. The van der Waals surface area contributed by atoms with Crippen LogP contribution in [0.15, 0.2) is 24.3 Å². The van der Waals surface area contributed by atoms with Crippen molar-refractivity contribution in [3.05, 3.63) is 52.2 Å². The van der Waals surface area contributed by atoms with Crippen LogP contribution in [0.4, 0.5) is 0 Å². The Morgan fingerprint density at radius 1 is 1.03 bits per heavy atom. The molecule has 0 saturated carbocycles. The molecule has 35 heavy (non-hydrogen) atoms. The van der Waals surface area contributed by atoms with Crippen molar-refractivity contribution in [3.63, 3.8) is 0 Å². The molecule has 0 spiro atoms. The average Bonchev–Trinajstić information content (AvgIpc) is 2.98. The molecule has 0 N–H and O–H groups in total. The van der Waals surface area contributed by atoms with E-state index >= 15 is 0 Å². The number of imidazole rings is 1. The molecule has 192 valence electrons. The number of nitrogens with zero attached hydrogens (tertiary/aromatic N) is 2. The van der Waals surface area contributed by atoms with E-state index in [1.807, 2.05) is 6.92 Å². The summed E-state index contributed by atoms with van der Waals surface area (Å²) < 4.78 is 19.2. The number of benzene rings is 1. The zero-order valence-corrected chi connectivity index (χ0v) is 21.8. The van der Waals surface area contributed by atoms with E-state index in [4.69, 9.17) is 14.2 Å². The maximum atomic E-state index is 13.1. The van der Waals surface area contributed by atoms with Gasteiger partial charge in [-0.1, -0.05) is 51.2 Å². The van der Waals surface area contributed by atoms with Crippen molar-refractivity contribution in [2.24, 2.45) is 13.0 Å². The zero-order chi connectivity index (χ0) is 25.8. The van der Waals surface area contributed by atoms with Gasteiger partial charge in [0.25, 0.3) is 11.6 Å². The summed E-state index contributed by atoms with van der Waals surface area (Å²) in [7, 11) is 1.75. The molecule has 0 aliphatic carbocycles. The summed E-state index contributed by atoms with van der Waals surface area (Å²) in [4.78, 5) is 26.0. The normalized spacial score (nSPS) is 16.6. The number of unbranched alkanes of at least 4 members (excludes halogenated alkanes) is 5. The number of aromatic nitrogens is 2. The van der Waals surface area contributed by atoms with Crippen LogP contribution in [0.1, 0.15) is 88.0 Å². The van der Waals surface area contributed by atoms with E-state index in [1.54, 1.807) is 42.8 Å². The Kier molecular flexibility index (Phi) is 8.46. The van der Waals surface area contributed by atoms with Gasteiger partial charge in [0.1, 0.15) is 23.1 Å². The Labute approximate surface area is 207 Å². The van der Waals surface area contributed by atoms with Gasteiger partial charge in [-0.2, -0.15) is 0 Å². The lowest BCUT2D eigenvalue weighted by molar-refractivity contribution is -0.621. The lowest BCUT2D eigenvalue weighted by atomic mass is 9.84. The van der Waals surface area contributed by atoms with Gasteiger partial charge >= 0.3 is 11.9 Å². The third-order valence-electron chi connectivity index (χ3n) is 6.70. The molecule has 8 nitrogen and oxygen atoms in total. The molecule has 0 radical (unpaired) electrons. The maximum Gasteiger partial charge on any atom is 0.324 e. The van der Waals surface area contributed by atoms with E-state index in [-0.39, 0.29) is 5.82 Å². The van der Waals surface area contributed by atoms with Crippen LogP contribution in [0.2, 0.25) is 0 Å². The maximum absolute atomic E-state index is 13.1. The van der Waals surface area contributed by atoms with Crippen LogP contribution in [0.5, 0.6) is 5.75 Å². The minimum atomic E-state index is -1.35. The Hall–Kier alpha value is -3.03. The third-order valence-corrected chi connectivity index (χ3v) is 6.70. The van der Waals surface area contributed by atoms with Crippen LogP contribution in [-0.4, -0.2) is 28.9 Å². The number of carbonyl (C=O) groups excluding carboxylic acids is 2.